The van der Waals surface area contributed by atoms with Crippen LogP contribution in [0.5, 0.6) is 0 Å². The highest BCUT2D eigenvalue weighted by molar-refractivity contribution is 8.22. The molecule has 0 amide bonds. The molecule has 43 heavy (non-hydrogen) atoms. The van der Waals surface area contributed by atoms with Crippen LogP contribution in [-0.4, -0.2) is 71.3 Å². The summed E-state index contributed by atoms with van der Waals surface area (Å²) in [5.41, 5.74) is 0.594. The number of Topliss-reactive ketones (excluding diaryl/α,β-unsaturated/α-hetero) is 2. The highest BCUT2D eigenvalue weighted by Crippen LogP contribution is 2.67. The first-order valence-corrected chi connectivity index (χ1v) is 16.6. The van der Waals surface area contributed by atoms with Crippen LogP contribution in [0.4, 0.5) is 0 Å². The molecule has 2 saturated heterocycles. The molecule has 238 valence electrons. The van der Waals surface area contributed by atoms with Gasteiger partial charge in [0.15, 0.2) is 23.8 Å². The number of aliphatic hydroxyl groups is 3. The number of esters is 1. The number of fused-ring (bicyclic) bond motifs is 1. The molecule has 0 bridgehead atoms. The third-order valence-electron chi connectivity index (χ3n) is 8.65. The minimum absolute atomic E-state index is 0.0226. The average molecular weight is 633 g/mol. The Morgan fingerprint density at radius 2 is 0.953 bits per heavy atom. The van der Waals surface area contributed by atoms with Gasteiger partial charge in [-0.05, 0) is 21.7 Å². The molecule has 0 aromatic carbocycles. The number of hydrogen-bond acceptors (Lipinski definition) is 9. The van der Waals surface area contributed by atoms with E-state index in [0.717, 1.165) is 0 Å². The second kappa shape index (κ2) is 10.4. The Kier molecular flexibility index (Phi) is 8.31. The number of rotatable bonds is 2. The van der Waals surface area contributed by atoms with Crippen LogP contribution in [0.1, 0.15) is 83.1 Å². The molecule has 2 heterocycles. The second-order valence-electron chi connectivity index (χ2n) is 16.4. The molecule has 2 fully saturated rings. The maximum absolute atomic E-state index is 14.1. The number of carbonyl (C=O) groups is 3. The second-order valence-corrected chi connectivity index (χ2v) is 19.5. The number of thioether (sulfide) groups is 2. The third-order valence-corrected chi connectivity index (χ3v) is 12.3. The molecular weight excluding hydrogens is 585 g/mol. The van der Waals surface area contributed by atoms with Gasteiger partial charge in [-0.2, -0.15) is 0 Å². The van der Waals surface area contributed by atoms with Gasteiger partial charge in [0.1, 0.15) is 12.2 Å². The average Bonchev–Trinajstić information content (AvgIpc) is 3.27. The molecule has 4 rings (SSSR count). The SMILES string of the molecule is CC(C)(C)C1=CC2(C=C(C(C)(C)C)C1=O)SC(C(O)C1OC(=O)C(O)C1O)SC21C=C(C(C)(C)C)C(=O)C(C(C)(C)C)=C1. The predicted octanol–water partition coefficient (Wildman–Crippen LogP) is 5.33. The molecule has 9 heteroatoms. The van der Waals surface area contributed by atoms with Gasteiger partial charge in [0.2, 0.25) is 0 Å². The van der Waals surface area contributed by atoms with Crippen molar-refractivity contribution in [1.29, 1.82) is 0 Å². The molecule has 2 spiro atoms. The van der Waals surface area contributed by atoms with Crippen molar-refractivity contribution in [3.63, 3.8) is 0 Å². The number of hydrogen-bond donors (Lipinski definition) is 3. The summed E-state index contributed by atoms with van der Waals surface area (Å²) in [4.78, 5) is 40.2. The van der Waals surface area contributed by atoms with Gasteiger partial charge in [0, 0.05) is 22.3 Å². The van der Waals surface area contributed by atoms with Gasteiger partial charge in [-0.3, -0.25) is 9.59 Å². The summed E-state index contributed by atoms with van der Waals surface area (Å²) < 4.78 is 2.74. The summed E-state index contributed by atoms with van der Waals surface area (Å²) in [5.74, 6) is -1.02. The Bertz CT molecular complexity index is 1200. The number of allylic oxidation sites excluding steroid dienone is 4. The van der Waals surface area contributed by atoms with E-state index in [4.69, 9.17) is 4.74 Å². The molecule has 2 aliphatic carbocycles. The quantitative estimate of drug-likeness (QED) is 0.347. The Hall–Kier alpha value is -1.65. The van der Waals surface area contributed by atoms with E-state index in [1.54, 1.807) is 0 Å². The molecule has 7 nitrogen and oxygen atoms in total. The van der Waals surface area contributed by atoms with Gasteiger partial charge in [0.25, 0.3) is 0 Å². The topological polar surface area (TPSA) is 121 Å². The lowest BCUT2D eigenvalue weighted by atomic mass is 9.65. The third kappa shape index (κ3) is 5.78. The van der Waals surface area contributed by atoms with Crippen LogP contribution in [-0.2, 0) is 19.1 Å². The molecule has 0 aromatic rings. The summed E-state index contributed by atoms with van der Waals surface area (Å²) in [6.45, 7) is 24.1. The van der Waals surface area contributed by atoms with E-state index in [0.29, 0.717) is 22.3 Å². The fourth-order valence-electron chi connectivity index (χ4n) is 6.06. The number of cyclic esters (lactones) is 1. The minimum Gasteiger partial charge on any atom is -0.455 e. The lowest BCUT2D eigenvalue weighted by Gasteiger charge is -2.46. The van der Waals surface area contributed by atoms with Crippen molar-refractivity contribution in [2.45, 2.75) is 122 Å². The van der Waals surface area contributed by atoms with Gasteiger partial charge in [-0.1, -0.05) is 107 Å². The van der Waals surface area contributed by atoms with E-state index in [1.165, 1.54) is 23.5 Å². The number of ether oxygens (including phenoxy) is 1. The molecule has 0 saturated carbocycles. The molecule has 4 aliphatic rings. The van der Waals surface area contributed by atoms with Gasteiger partial charge in [-0.15, -0.1) is 23.5 Å². The van der Waals surface area contributed by atoms with Crippen molar-refractivity contribution in [3.8, 4) is 0 Å². The summed E-state index contributed by atoms with van der Waals surface area (Å²) >= 11 is 2.86. The smallest absolute Gasteiger partial charge is 0.338 e. The molecule has 3 N–H and O–H groups in total. The highest BCUT2D eigenvalue weighted by atomic mass is 32.2. The molecular formula is C34H48O7S2. The number of ketones is 2. The fraction of sp³-hybridized carbons (Fsp3) is 0.676. The van der Waals surface area contributed by atoms with Crippen molar-refractivity contribution in [2.75, 3.05) is 0 Å². The van der Waals surface area contributed by atoms with Crippen molar-refractivity contribution in [3.05, 3.63) is 46.6 Å². The van der Waals surface area contributed by atoms with E-state index in [-0.39, 0.29) is 11.6 Å². The standard InChI is InChI=1S/C34H48O7S2/c1-29(2,3)17-13-33(14-18(21(17)35)30(4,5)6)34(15-19(31(7,8)9)22(36)20(16-34)32(10,11)12)43-28(42-33)25(39)26-23(37)24(38)27(40)41-26/h13-16,23-26,28,37-39H,1-12H3. The molecule has 0 radical (unpaired) electrons. The van der Waals surface area contributed by atoms with Crippen LogP contribution in [0.2, 0.25) is 0 Å². The van der Waals surface area contributed by atoms with Crippen molar-refractivity contribution < 1.29 is 34.4 Å². The van der Waals surface area contributed by atoms with Crippen LogP contribution in [0.3, 0.4) is 0 Å². The van der Waals surface area contributed by atoms with E-state index >= 15 is 0 Å². The van der Waals surface area contributed by atoms with Crippen LogP contribution < -0.4 is 0 Å². The van der Waals surface area contributed by atoms with Crippen molar-refractivity contribution in [1.82, 2.24) is 0 Å². The summed E-state index contributed by atoms with van der Waals surface area (Å²) in [7, 11) is 0. The van der Waals surface area contributed by atoms with E-state index in [1.807, 2.05) is 107 Å². The van der Waals surface area contributed by atoms with Gasteiger partial charge in [-0.25, -0.2) is 4.79 Å². The Balaban J connectivity index is 2.07. The van der Waals surface area contributed by atoms with Crippen molar-refractivity contribution >= 4 is 41.1 Å². The molecule has 4 unspecified atom stereocenters. The Labute approximate surface area is 264 Å². The first kappa shape index (κ1) is 34.2. The molecule has 4 atom stereocenters. The first-order chi connectivity index (χ1) is 19.3. The zero-order valence-electron chi connectivity index (χ0n) is 27.5. The fourth-order valence-corrected chi connectivity index (χ4v) is 10.2. The molecule has 0 aromatic heterocycles. The summed E-state index contributed by atoms with van der Waals surface area (Å²) in [5, 5.41) is 32.4. The monoisotopic (exact) mass is 632 g/mol. The van der Waals surface area contributed by atoms with Crippen LogP contribution in [0.15, 0.2) is 46.6 Å². The maximum atomic E-state index is 14.1. The highest BCUT2D eigenvalue weighted by Gasteiger charge is 2.63. The van der Waals surface area contributed by atoms with E-state index in [2.05, 4.69) is 0 Å². The maximum Gasteiger partial charge on any atom is 0.338 e. The minimum atomic E-state index is -1.74. The van der Waals surface area contributed by atoms with Gasteiger partial charge >= 0.3 is 5.97 Å². The lowest BCUT2D eigenvalue weighted by molar-refractivity contribution is -0.150. The lowest BCUT2D eigenvalue weighted by Crippen LogP contribution is -2.48. The molecule has 2 aliphatic heterocycles. The normalized spacial score (nSPS) is 29.0. The predicted molar refractivity (Wildman–Crippen MR) is 172 cm³/mol. The Morgan fingerprint density at radius 1 is 0.651 bits per heavy atom. The van der Waals surface area contributed by atoms with Crippen LogP contribution >= 0.6 is 23.5 Å². The van der Waals surface area contributed by atoms with Crippen LogP contribution in [0.25, 0.3) is 0 Å². The van der Waals surface area contributed by atoms with E-state index < -0.39 is 66.1 Å². The first-order valence-electron chi connectivity index (χ1n) is 14.9. The summed E-state index contributed by atoms with van der Waals surface area (Å²) in [6.07, 6.45) is 2.07. The zero-order chi connectivity index (χ0) is 32.9. The van der Waals surface area contributed by atoms with Gasteiger partial charge in [0.05, 0.1) is 14.1 Å². The van der Waals surface area contributed by atoms with Crippen LogP contribution in [0, 0.1) is 21.7 Å². The Morgan fingerprint density at radius 3 is 1.19 bits per heavy atom. The van der Waals surface area contributed by atoms with Crippen molar-refractivity contribution in [2.24, 2.45) is 21.7 Å². The van der Waals surface area contributed by atoms with Gasteiger partial charge < -0.3 is 20.1 Å². The zero-order valence-corrected chi connectivity index (χ0v) is 29.1. The summed E-state index contributed by atoms with van der Waals surface area (Å²) in [6, 6.07) is 0. The van der Waals surface area contributed by atoms with E-state index in [9.17, 15) is 29.7 Å². The number of aliphatic hydroxyl groups excluding tert-OH is 3. The largest absolute Gasteiger partial charge is 0.455 e. The number of carbonyl (C=O) groups excluding carboxylic acids is 3.